The molecule has 6 nitrogen and oxygen atoms in total. The van der Waals surface area contributed by atoms with Gasteiger partial charge in [-0.3, -0.25) is 9.69 Å². The van der Waals surface area contributed by atoms with Gasteiger partial charge in [-0.2, -0.15) is 5.10 Å². The lowest BCUT2D eigenvalue weighted by Crippen LogP contribution is -2.41. The second-order valence-electron chi connectivity index (χ2n) is 8.23. The number of likely N-dealkylation sites (tertiary alicyclic amines) is 1. The van der Waals surface area contributed by atoms with Gasteiger partial charge in [0.25, 0.3) is 5.91 Å². The monoisotopic (exact) mass is 415 g/mol. The molecule has 0 radical (unpaired) electrons. The third-order valence-corrected chi connectivity index (χ3v) is 6.11. The molecule has 3 heterocycles. The predicted octanol–water partition coefficient (Wildman–Crippen LogP) is 3.96. The lowest BCUT2D eigenvalue weighted by atomic mass is 9.98. The first-order chi connectivity index (χ1) is 15.2. The second-order valence-corrected chi connectivity index (χ2v) is 8.23. The van der Waals surface area contributed by atoms with E-state index in [-0.39, 0.29) is 5.91 Å². The van der Waals surface area contributed by atoms with Crippen LogP contribution in [0.5, 0.6) is 0 Å². The average Bonchev–Trinajstić information content (AvgIpc) is 3.25. The predicted molar refractivity (Wildman–Crippen MR) is 120 cm³/mol. The number of hydrogen-bond donors (Lipinski definition) is 0. The summed E-state index contributed by atoms with van der Waals surface area (Å²) in [4.78, 5) is 28.3. The van der Waals surface area contributed by atoms with Crippen molar-refractivity contribution in [3.05, 3.63) is 82.2 Å². The average molecular weight is 415 g/mol. The van der Waals surface area contributed by atoms with Gasteiger partial charge in [-0.05, 0) is 43.6 Å². The number of carbonyl (C=O) groups is 1. The first-order valence-electron chi connectivity index (χ1n) is 10.9. The van der Waals surface area contributed by atoms with E-state index in [0.29, 0.717) is 24.1 Å². The van der Waals surface area contributed by atoms with Crippen molar-refractivity contribution in [3.8, 4) is 0 Å². The maximum Gasteiger partial charge on any atom is 0.341 e. The van der Waals surface area contributed by atoms with E-state index in [1.54, 1.807) is 6.07 Å². The molecule has 0 aliphatic carbocycles. The summed E-state index contributed by atoms with van der Waals surface area (Å²) in [6.45, 7) is 2.18. The van der Waals surface area contributed by atoms with Gasteiger partial charge in [0, 0.05) is 11.8 Å². The summed E-state index contributed by atoms with van der Waals surface area (Å²) in [5.41, 5.74) is 2.38. The fourth-order valence-electron chi connectivity index (χ4n) is 4.48. The van der Waals surface area contributed by atoms with E-state index in [4.69, 9.17) is 9.52 Å². The van der Waals surface area contributed by atoms with Crippen LogP contribution in [0, 0.1) is 0 Å². The largest absolute Gasteiger partial charge is 0.422 e. The van der Waals surface area contributed by atoms with Crippen LogP contribution in [-0.4, -0.2) is 41.2 Å². The van der Waals surface area contributed by atoms with Crippen LogP contribution in [0.15, 0.2) is 75.0 Å². The molecule has 2 aliphatic heterocycles. The quantitative estimate of drug-likeness (QED) is 0.605. The Kier molecular flexibility index (Phi) is 5.38. The van der Waals surface area contributed by atoms with Crippen molar-refractivity contribution in [2.45, 2.75) is 31.7 Å². The lowest BCUT2D eigenvalue weighted by Gasteiger charge is -2.28. The van der Waals surface area contributed by atoms with Crippen molar-refractivity contribution in [3.63, 3.8) is 0 Å². The number of piperidine rings is 1. The molecule has 0 N–H and O–H groups in total. The van der Waals surface area contributed by atoms with Crippen LogP contribution in [0.4, 0.5) is 0 Å². The van der Waals surface area contributed by atoms with E-state index in [1.165, 1.54) is 11.4 Å². The van der Waals surface area contributed by atoms with Crippen molar-refractivity contribution in [2.75, 3.05) is 19.6 Å². The number of carbonyl (C=O) groups excluding carboxylic acids is 1. The maximum absolute atomic E-state index is 13.3. The van der Waals surface area contributed by atoms with E-state index in [2.05, 4.69) is 4.90 Å². The first kappa shape index (κ1) is 19.7. The molecule has 0 bridgehead atoms. The summed E-state index contributed by atoms with van der Waals surface area (Å²) >= 11 is 0. The van der Waals surface area contributed by atoms with Gasteiger partial charge < -0.3 is 4.42 Å². The molecule has 5 rings (SSSR count). The van der Waals surface area contributed by atoms with Gasteiger partial charge in [0.2, 0.25) is 0 Å². The molecule has 2 aliphatic rings. The van der Waals surface area contributed by atoms with Crippen LogP contribution in [-0.2, 0) is 4.79 Å². The summed E-state index contributed by atoms with van der Waals surface area (Å²) < 4.78 is 5.57. The number of benzene rings is 2. The fraction of sp³-hybridized carbons (Fsp3) is 0.320. The third-order valence-electron chi connectivity index (χ3n) is 6.11. The van der Waals surface area contributed by atoms with Crippen LogP contribution >= 0.6 is 0 Å². The fourth-order valence-corrected chi connectivity index (χ4v) is 4.48. The smallest absolute Gasteiger partial charge is 0.341 e. The summed E-state index contributed by atoms with van der Waals surface area (Å²) in [5.74, 6) is -0.0783. The third kappa shape index (κ3) is 4.03. The molecule has 3 aromatic rings. The van der Waals surface area contributed by atoms with Crippen LogP contribution in [0.2, 0.25) is 0 Å². The van der Waals surface area contributed by atoms with Gasteiger partial charge in [-0.25, -0.2) is 9.80 Å². The SMILES string of the molecule is O=C(CN1CCCCC1)N1N=C(c2ccccc2)CC1c1cc2ccccc2oc1=O. The standard InChI is InChI=1S/C25H25N3O3/c29-24(17-27-13-7-2-8-14-27)28-22(16-21(26-28)18-9-3-1-4-10-18)20-15-19-11-5-6-12-23(19)31-25(20)30/h1,3-6,9-12,15,22H,2,7-8,13-14,16-17H2. The number of hydrazone groups is 1. The Morgan fingerprint density at radius 2 is 1.74 bits per heavy atom. The van der Waals surface area contributed by atoms with Crippen LogP contribution in [0.25, 0.3) is 11.0 Å². The molecule has 1 unspecified atom stereocenters. The zero-order valence-electron chi connectivity index (χ0n) is 17.4. The normalized spacial score (nSPS) is 19.5. The maximum atomic E-state index is 13.3. The molecule has 1 aromatic heterocycles. The number of amides is 1. The molecule has 158 valence electrons. The van der Waals surface area contributed by atoms with Crippen LogP contribution < -0.4 is 5.63 Å². The molecule has 6 heteroatoms. The molecule has 0 saturated carbocycles. The van der Waals surface area contributed by atoms with E-state index in [0.717, 1.165) is 42.6 Å². The Hall–Kier alpha value is -3.25. The molecule has 1 atom stereocenters. The molecule has 1 fully saturated rings. The van der Waals surface area contributed by atoms with Crippen LogP contribution in [0.3, 0.4) is 0 Å². The van der Waals surface area contributed by atoms with Crippen molar-refractivity contribution < 1.29 is 9.21 Å². The highest BCUT2D eigenvalue weighted by molar-refractivity contribution is 6.03. The van der Waals surface area contributed by atoms with E-state index in [9.17, 15) is 9.59 Å². The minimum Gasteiger partial charge on any atom is -0.422 e. The zero-order chi connectivity index (χ0) is 21.2. The topological polar surface area (TPSA) is 66.1 Å². The minimum absolute atomic E-state index is 0.0783. The number of nitrogens with zero attached hydrogens (tertiary/aromatic N) is 3. The summed E-state index contributed by atoms with van der Waals surface area (Å²) in [6, 6.07) is 18.6. The molecule has 1 amide bonds. The lowest BCUT2D eigenvalue weighted by molar-refractivity contribution is -0.134. The number of fused-ring (bicyclic) bond motifs is 1. The van der Waals surface area contributed by atoms with Gasteiger partial charge >= 0.3 is 5.63 Å². The van der Waals surface area contributed by atoms with Crippen molar-refractivity contribution >= 4 is 22.6 Å². The van der Waals surface area contributed by atoms with E-state index < -0.39 is 11.7 Å². The molecular weight excluding hydrogens is 390 g/mol. The first-order valence-corrected chi connectivity index (χ1v) is 10.9. The Labute approximate surface area is 180 Å². The van der Waals surface area contributed by atoms with Crippen LogP contribution in [0.1, 0.15) is 42.9 Å². The highest BCUT2D eigenvalue weighted by Gasteiger charge is 2.36. The highest BCUT2D eigenvalue weighted by atomic mass is 16.4. The van der Waals surface area contributed by atoms with Gasteiger partial charge in [0.1, 0.15) is 5.58 Å². The van der Waals surface area contributed by atoms with Crippen molar-refractivity contribution in [1.82, 2.24) is 9.91 Å². The summed E-state index contributed by atoms with van der Waals surface area (Å²) in [7, 11) is 0. The van der Waals surface area contributed by atoms with E-state index >= 15 is 0 Å². The van der Waals surface area contributed by atoms with Crippen molar-refractivity contribution in [1.29, 1.82) is 0 Å². The summed E-state index contributed by atoms with van der Waals surface area (Å²) in [5, 5.41) is 7.05. The molecule has 0 spiro atoms. The Morgan fingerprint density at radius 3 is 2.55 bits per heavy atom. The van der Waals surface area contributed by atoms with Crippen molar-refractivity contribution in [2.24, 2.45) is 5.10 Å². The Balaban J connectivity index is 1.50. The van der Waals surface area contributed by atoms with Gasteiger partial charge in [-0.1, -0.05) is 55.0 Å². The Bertz CT molecular complexity index is 1180. The summed E-state index contributed by atoms with van der Waals surface area (Å²) in [6.07, 6.45) is 3.93. The van der Waals surface area contributed by atoms with Gasteiger partial charge in [0.15, 0.2) is 0 Å². The second kappa shape index (κ2) is 8.47. The number of para-hydroxylation sites is 1. The highest BCUT2D eigenvalue weighted by Crippen LogP contribution is 2.32. The Morgan fingerprint density at radius 1 is 1.00 bits per heavy atom. The molecule has 2 aromatic carbocycles. The molecule has 31 heavy (non-hydrogen) atoms. The van der Waals surface area contributed by atoms with Gasteiger partial charge in [0.05, 0.1) is 23.9 Å². The van der Waals surface area contributed by atoms with E-state index in [1.807, 2.05) is 54.6 Å². The minimum atomic E-state index is -0.464. The molecular formula is C25H25N3O3. The number of rotatable bonds is 4. The number of hydrogen-bond acceptors (Lipinski definition) is 5. The molecule has 1 saturated heterocycles. The van der Waals surface area contributed by atoms with Gasteiger partial charge in [-0.15, -0.1) is 0 Å². The zero-order valence-corrected chi connectivity index (χ0v) is 17.4.